The molecule has 0 aromatic heterocycles. The molecule has 0 saturated carbocycles. The van der Waals surface area contributed by atoms with Crippen LogP contribution in [0.4, 0.5) is 0 Å². The molecule has 48 valence electrons. The Kier molecular flexibility index (Phi) is 3.79. The van der Waals surface area contributed by atoms with E-state index in [4.69, 9.17) is 44.8 Å². The maximum absolute atomic E-state index is 5.49. The fourth-order valence-corrected chi connectivity index (χ4v) is 1.20. The Morgan fingerprint density at radius 1 is 1.38 bits per heavy atom. The van der Waals surface area contributed by atoms with Gasteiger partial charge in [0.2, 0.25) is 0 Å². The second kappa shape index (κ2) is 3.33. The van der Waals surface area contributed by atoms with Crippen molar-refractivity contribution in [2.24, 2.45) is 0 Å². The predicted octanol–water partition coefficient (Wildman–Crippen LogP) is 2.97. The molecule has 0 amide bonds. The third kappa shape index (κ3) is 3.20. The zero-order chi connectivity index (χ0) is 6.78. The highest BCUT2D eigenvalue weighted by Crippen LogP contribution is 2.28. The number of hydrogen-bond donors (Lipinski definition) is 0. The van der Waals surface area contributed by atoms with Crippen LogP contribution in [0.1, 0.15) is 0 Å². The smallest absolute Gasteiger partial charge is 0.124 e. The zero-order valence-electron chi connectivity index (χ0n) is 3.87. The van der Waals surface area contributed by atoms with Crippen LogP contribution < -0.4 is 0 Å². The molecule has 0 bridgehead atoms. The van der Waals surface area contributed by atoms with Crippen molar-refractivity contribution in [2.45, 2.75) is 5.00 Å². The van der Waals surface area contributed by atoms with Crippen LogP contribution in [0.5, 0.6) is 0 Å². The lowest BCUT2D eigenvalue weighted by atomic mass is 10.8. The number of rotatable bonds is 2. The SMILES string of the molecule is C=CC(Cl)[Si](Cl)(Cl)Cl. The molecule has 1 unspecified atom stereocenters. The lowest BCUT2D eigenvalue weighted by Gasteiger charge is -2.08. The Morgan fingerprint density at radius 3 is 1.75 bits per heavy atom. The maximum atomic E-state index is 5.49. The quantitative estimate of drug-likeness (QED) is 0.284. The van der Waals surface area contributed by atoms with Crippen LogP contribution in [0.15, 0.2) is 12.7 Å². The fraction of sp³-hybridized carbons (Fsp3) is 0.333. The van der Waals surface area contributed by atoms with E-state index in [0.29, 0.717) is 0 Å². The van der Waals surface area contributed by atoms with Gasteiger partial charge in [-0.1, -0.05) is 6.08 Å². The van der Waals surface area contributed by atoms with Crippen LogP contribution in [0, 0.1) is 0 Å². The maximum Gasteiger partial charge on any atom is 0.362 e. The molecule has 8 heavy (non-hydrogen) atoms. The Morgan fingerprint density at radius 2 is 1.75 bits per heavy atom. The zero-order valence-corrected chi connectivity index (χ0v) is 7.90. The van der Waals surface area contributed by atoms with Gasteiger partial charge in [-0.25, -0.2) is 0 Å². The second-order valence-corrected chi connectivity index (χ2v) is 10.8. The molecule has 0 aromatic carbocycles. The van der Waals surface area contributed by atoms with Crippen LogP contribution in [0.3, 0.4) is 0 Å². The molecular formula is C3H4Cl4Si. The molecule has 1 atom stereocenters. The summed E-state index contributed by atoms with van der Waals surface area (Å²) < 4.78 is 0. The van der Waals surface area contributed by atoms with Gasteiger partial charge in [-0.05, 0) is 0 Å². The lowest BCUT2D eigenvalue weighted by molar-refractivity contribution is 1.60. The topological polar surface area (TPSA) is 0 Å². The van der Waals surface area contributed by atoms with Crippen LogP contribution in [0.25, 0.3) is 0 Å². The van der Waals surface area contributed by atoms with Gasteiger partial charge in [0, 0.05) is 0 Å². The van der Waals surface area contributed by atoms with E-state index in [1.54, 1.807) is 0 Å². The van der Waals surface area contributed by atoms with Crippen molar-refractivity contribution in [3.63, 3.8) is 0 Å². The van der Waals surface area contributed by atoms with Crippen molar-refractivity contribution >= 4 is 50.8 Å². The highest BCUT2D eigenvalue weighted by Gasteiger charge is 2.32. The Bertz CT molecular complexity index is 85.8. The van der Waals surface area contributed by atoms with E-state index >= 15 is 0 Å². The van der Waals surface area contributed by atoms with Gasteiger partial charge in [-0.2, -0.15) is 0 Å². The molecule has 0 radical (unpaired) electrons. The van der Waals surface area contributed by atoms with Gasteiger partial charge in [0.1, 0.15) is 0 Å². The molecule has 0 fully saturated rings. The third-order valence-corrected chi connectivity index (χ3v) is 5.66. The molecular weight excluding hydrogens is 206 g/mol. The predicted molar refractivity (Wildman–Crippen MR) is 43.2 cm³/mol. The van der Waals surface area contributed by atoms with Gasteiger partial charge in [0.05, 0.1) is 5.00 Å². The van der Waals surface area contributed by atoms with Crippen molar-refractivity contribution in [3.8, 4) is 0 Å². The minimum atomic E-state index is -2.70. The minimum absolute atomic E-state index is 0.479. The number of allylic oxidation sites excluding steroid dienone is 1. The van der Waals surface area contributed by atoms with Crippen LogP contribution in [-0.2, 0) is 0 Å². The average molecular weight is 210 g/mol. The largest absolute Gasteiger partial charge is 0.362 e. The molecule has 0 aliphatic rings. The summed E-state index contributed by atoms with van der Waals surface area (Å²) in [5, 5.41) is -0.479. The molecule has 0 N–H and O–H groups in total. The standard InChI is InChI=1S/C3H4Cl4Si/c1-2-3(4)8(5,6)7/h2-3H,1H2. The molecule has 0 rings (SSSR count). The monoisotopic (exact) mass is 208 g/mol. The molecule has 0 nitrogen and oxygen atoms in total. The van der Waals surface area contributed by atoms with E-state index in [1.807, 2.05) is 0 Å². The third-order valence-electron chi connectivity index (χ3n) is 0.520. The minimum Gasteiger partial charge on any atom is -0.124 e. The highest BCUT2D eigenvalue weighted by atomic mass is 35.8. The second-order valence-electron chi connectivity index (χ2n) is 1.18. The van der Waals surface area contributed by atoms with Gasteiger partial charge in [0.15, 0.2) is 0 Å². The van der Waals surface area contributed by atoms with Crippen LogP contribution in [-0.4, -0.2) is 11.0 Å². The summed E-state index contributed by atoms with van der Waals surface area (Å²) >= 11 is 21.8. The summed E-state index contributed by atoms with van der Waals surface area (Å²) in [5.74, 6) is 0. The van der Waals surface area contributed by atoms with Crippen LogP contribution >= 0.6 is 44.8 Å². The molecule has 0 aliphatic carbocycles. The van der Waals surface area contributed by atoms with Crippen molar-refractivity contribution in [1.82, 2.24) is 0 Å². The fourth-order valence-electron chi connectivity index (χ4n) is 0.134. The summed E-state index contributed by atoms with van der Waals surface area (Å²) in [6.07, 6.45) is 1.43. The number of hydrogen-bond acceptors (Lipinski definition) is 0. The summed E-state index contributed by atoms with van der Waals surface area (Å²) in [5.41, 5.74) is 0. The first-order chi connectivity index (χ1) is 3.48. The Hall–Kier alpha value is 1.12. The van der Waals surface area contributed by atoms with Gasteiger partial charge >= 0.3 is 6.00 Å². The van der Waals surface area contributed by atoms with E-state index in [0.717, 1.165) is 0 Å². The summed E-state index contributed by atoms with van der Waals surface area (Å²) in [4.78, 5) is 0. The van der Waals surface area contributed by atoms with Crippen molar-refractivity contribution in [2.75, 3.05) is 0 Å². The first-order valence-corrected chi connectivity index (χ1v) is 7.36. The molecule has 0 aliphatic heterocycles. The normalized spacial score (nSPS) is 15.5. The molecule has 0 heterocycles. The molecule has 0 saturated heterocycles. The molecule has 0 aromatic rings. The van der Waals surface area contributed by atoms with E-state index in [-0.39, 0.29) is 0 Å². The summed E-state index contributed by atoms with van der Waals surface area (Å²) in [6, 6.07) is -2.70. The van der Waals surface area contributed by atoms with Crippen molar-refractivity contribution in [3.05, 3.63) is 12.7 Å². The first kappa shape index (κ1) is 9.12. The van der Waals surface area contributed by atoms with Gasteiger partial charge in [-0.3, -0.25) is 0 Å². The van der Waals surface area contributed by atoms with E-state index in [1.165, 1.54) is 6.08 Å². The first-order valence-electron chi connectivity index (χ1n) is 1.82. The molecule has 0 spiro atoms. The van der Waals surface area contributed by atoms with E-state index < -0.39 is 11.0 Å². The average Bonchev–Trinajstić information content (AvgIpc) is 1.62. The lowest BCUT2D eigenvalue weighted by Crippen LogP contribution is -2.23. The van der Waals surface area contributed by atoms with E-state index in [9.17, 15) is 0 Å². The summed E-state index contributed by atoms with van der Waals surface area (Å²) in [7, 11) is 0. The Balaban J connectivity index is 3.80. The van der Waals surface area contributed by atoms with Crippen LogP contribution in [0.2, 0.25) is 0 Å². The van der Waals surface area contributed by atoms with Gasteiger partial charge in [0.25, 0.3) is 0 Å². The van der Waals surface area contributed by atoms with Gasteiger partial charge in [-0.15, -0.1) is 51.4 Å². The number of halogens is 4. The highest BCUT2D eigenvalue weighted by molar-refractivity contribution is 7.66. The van der Waals surface area contributed by atoms with E-state index in [2.05, 4.69) is 6.58 Å². The summed E-state index contributed by atoms with van der Waals surface area (Å²) in [6.45, 7) is 3.38. The van der Waals surface area contributed by atoms with Crippen molar-refractivity contribution < 1.29 is 0 Å². The van der Waals surface area contributed by atoms with Crippen molar-refractivity contribution in [1.29, 1.82) is 0 Å². The Labute approximate surface area is 68.5 Å². The molecule has 5 heteroatoms. The van der Waals surface area contributed by atoms with Gasteiger partial charge < -0.3 is 0 Å². The number of alkyl halides is 1.